The van der Waals surface area contributed by atoms with Crippen LogP contribution in [0.5, 0.6) is 0 Å². The van der Waals surface area contributed by atoms with Crippen LogP contribution in [0.1, 0.15) is 54.9 Å². The molecule has 2 N–H and O–H groups in total. The summed E-state index contributed by atoms with van der Waals surface area (Å²) in [4.78, 5) is 38.2. The molecule has 0 atom stereocenters. The zero-order chi connectivity index (χ0) is 19.9. The lowest BCUT2D eigenvalue weighted by Crippen LogP contribution is -2.42. The van der Waals surface area contributed by atoms with Gasteiger partial charge in [-0.2, -0.15) is 0 Å². The van der Waals surface area contributed by atoms with E-state index in [-0.39, 0.29) is 23.6 Å². The van der Waals surface area contributed by atoms with Gasteiger partial charge in [0.25, 0.3) is 5.91 Å². The highest BCUT2D eigenvalue weighted by molar-refractivity contribution is 5.95. The number of rotatable bonds is 7. The van der Waals surface area contributed by atoms with E-state index in [1.165, 1.54) is 0 Å². The van der Waals surface area contributed by atoms with E-state index in [1.807, 2.05) is 19.1 Å². The van der Waals surface area contributed by atoms with Gasteiger partial charge < -0.3 is 15.5 Å². The minimum atomic E-state index is -0.0417. The molecule has 3 rings (SSSR count). The highest BCUT2D eigenvalue weighted by atomic mass is 16.2. The van der Waals surface area contributed by atoms with Crippen molar-refractivity contribution in [2.24, 2.45) is 5.92 Å². The van der Waals surface area contributed by atoms with Crippen molar-refractivity contribution in [3.63, 3.8) is 0 Å². The Hall–Kier alpha value is -2.63. The number of carbonyl (C=O) groups excluding carboxylic acids is 3. The molecular formula is C22H29N3O3. The van der Waals surface area contributed by atoms with E-state index < -0.39 is 0 Å². The highest BCUT2D eigenvalue weighted by Crippen LogP contribution is 2.20. The SMILES string of the molecule is CCCNC(=O)C1CCN(C(=O)/C=C/c2ccc(C(=O)NC3CC3)cc2)CC1. The molecule has 1 aliphatic heterocycles. The van der Waals surface area contributed by atoms with Crippen molar-refractivity contribution in [3.05, 3.63) is 41.5 Å². The Morgan fingerprint density at radius 2 is 1.75 bits per heavy atom. The summed E-state index contributed by atoms with van der Waals surface area (Å²) in [5, 5.41) is 5.89. The molecule has 6 heteroatoms. The topological polar surface area (TPSA) is 78.5 Å². The number of carbonyl (C=O) groups is 3. The molecular weight excluding hydrogens is 354 g/mol. The highest BCUT2D eigenvalue weighted by Gasteiger charge is 2.26. The van der Waals surface area contributed by atoms with Crippen molar-refractivity contribution in [3.8, 4) is 0 Å². The van der Waals surface area contributed by atoms with Crippen molar-refractivity contribution in [2.45, 2.75) is 45.1 Å². The molecule has 6 nitrogen and oxygen atoms in total. The van der Waals surface area contributed by atoms with E-state index in [0.717, 1.165) is 24.8 Å². The molecule has 28 heavy (non-hydrogen) atoms. The quantitative estimate of drug-likeness (QED) is 0.710. The van der Waals surface area contributed by atoms with Crippen LogP contribution in [0.2, 0.25) is 0 Å². The molecule has 0 radical (unpaired) electrons. The predicted molar refractivity (Wildman–Crippen MR) is 109 cm³/mol. The van der Waals surface area contributed by atoms with Crippen molar-refractivity contribution in [1.82, 2.24) is 15.5 Å². The van der Waals surface area contributed by atoms with Gasteiger partial charge in [0.15, 0.2) is 0 Å². The Bertz CT molecular complexity index is 730. The predicted octanol–water partition coefficient (Wildman–Crippen LogP) is 2.36. The summed E-state index contributed by atoms with van der Waals surface area (Å²) in [7, 11) is 0. The van der Waals surface area contributed by atoms with Crippen LogP contribution < -0.4 is 10.6 Å². The third-order valence-corrected chi connectivity index (χ3v) is 5.23. The molecule has 150 valence electrons. The number of benzene rings is 1. The summed E-state index contributed by atoms with van der Waals surface area (Å²) in [5.74, 6) is 0.0344. The van der Waals surface area contributed by atoms with Gasteiger partial charge >= 0.3 is 0 Å². The Morgan fingerprint density at radius 3 is 2.36 bits per heavy atom. The van der Waals surface area contributed by atoms with E-state index >= 15 is 0 Å². The lowest BCUT2D eigenvalue weighted by molar-refractivity contribution is -0.132. The summed E-state index contributed by atoms with van der Waals surface area (Å²) in [6.45, 7) is 3.95. The summed E-state index contributed by atoms with van der Waals surface area (Å²) in [6.07, 6.45) is 7.81. The van der Waals surface area contributed by atoms with Gasteiger partial charge in [-0.1, -0.05) is 19.1 Å². The van der Waals surface area contributed by atoms with E-state index in [2.05, 4.69) is 10.6 Å². The van der Waals surface area contributed by atoms with Crippen LogP contribution in [0.25, 0.3) is 6.08 Å². The van der Waals surface area contributed by atoms with E-state index in [0.29, 0.717) is 44.1 Å². The molecule has 1 aromatic rings. The number of nitrogens with one attached hydrogen (secondary N) is 2. The number of amides is 3. The monoisotopic (exact) mass is 383 g/mol. The molecule has 0 bridgehead atoms. The molecule has 1 heterocycles. The van der Waals surface area contributed by atoms with Gasteiger partial charge in [0.2, 0.25) is 11.8 Å². The van der Waals surface area contributed by atoms with E-state index in [4.69, 9.17) is 0 Å². The van der Waals surface area contributed by atoms with Crippen LogP contribution in [-0.2, 0) is 9.59 Å². The molecule has 0 aromatic heterocycles. The molecule has 2 fully saturated rings. The van der Waals surface area contributed by atoms with Gasteiger partial charge in [-0.25, -0.2) is 0 Å². The van der Waals surface area contributed by atoms with Crippen LogP contribution in [0.3, 0.4) is 0 Å². The van der Waals surface area contributed by atoms with Crippen molar-refractivity contribution < 1.29 is 14.4 Å². The average Bonchev–Trinajstić information content (AvgIpc) is 3.54. The van der Waals surface area contributed by atoms with Gasteiger partial charge in [-0.15, -0.1) is 0 Å². The first kappa shape index (κ1) is 20.1. The maximum absolute atomic E-state index is 12.4. The van der Waals surface area contributed by atoms with Crippen molar-refractivity contribution in [1.29, 1.82) is 0 Å². The van der Waals surface area contributed by atoms with Crippen LogP contribution in [0, 0.1) is 5.92 Å². The molecule has 1 aromatic carbocycles. The Labute approximate surface area is 166 Å². The number of hydrogen-bond donors (Lipinski definition) is 2. The maximum atomic E-state index is 12.4. The smallest absolute Gasteiger partial charge is 0.251 e. The molecule has 3 amide bonds. The minimum Gasteiger partial charge on any atom is -0.356 e. The summed E-state index contributed by atoms with van der Waals surface area (Å²) in [6, 6.07) is 7.59. The molecule has 0 spiro atoms. The number of hydrogen-bond acceptors (Lipinski definition) is 3. The fourth-order valence-electron chi connectivity index (χ4n) is 3.27. The number of likely N-dealkylation sites (tertiary alicyclic amines) is 1. The third kappa shape index (κ3) is 5.68. The van der Waals surface area contributed by atoms with Crippen molar-refractivity contribution in [2.75, 3.05) is 19.6 Å². The summed E-state index contributed by atoms with van der Waals surface area (Å²) >= 11 is 0. The first-order valence-electron chi connectivity index (χ1n) is 10.2. The van der Waals surface area contributed by atoms with Gasteiger partial charge in [0.1, 0.15) is 0 Å². The van der Waals surface area contributed by atoms with Gasteiger partial charge in [-0.3, -0.25) is 14.4 Å². The normalized spacial score (nSPS) is 17.5. The average molecular weight is 383 g/mol. The molecule has 2 aliphatic rings. The third-order valence-electron chi connectivity index (χ3n) is 5.23. The first-order valence-corrected chi connectivity index (χ1v) is 10.2. The zero-order valence-corrected chi connectivity index (χ0v) is 16.4. The molecule has 1 aliphatic carbocycles. The largest absolute Gasteiger partial charge is 0.356 e. The van der Waals surface area contributed by atoms with Gasteiger partial charge in [-0.05, 0) is 55.9 Å². The second kappa shape index (κ2) is 9.53. The van der Waals surface area contributed by atoms with Gasteiger partial charge in [0, 0.05) is 43.2 Å². The lowest BCUT2D eigenvalue weighted by atomic mass is 9.96. The fraction of sp³-hybridized carbons (Fsp3) is 0.500. The number of nitrogens with zero attached hydrogens (tertiary/aromatic N) is 1. The van der Waals surface area contributed by atoms with E-state index in [1.54, 1.807) is 29.2 Å². The van der Waals surface area contributed by atoms with E-state index in [9.17, 15) is 14.4 Å². The standard InChI is InChI=1S/C22H29N3O3/c1-2-13-23-21(27)18-11-14-25(15-12-18)20(26)10-5-16-3-6-17(7-4-16)22(28)24-19-8-9-19/h3-7,10,18-19H,2,8-9,11-15H2,1H3,(H,23,27)(H,24,28)/b10-5+. The molecule has 1 saturated heterocycles. The zero-order valence-electron chi connectivity index (χ0n) is 16.4. The fourth-order valence-corrected chi connectivity index (χ4v) is 3.27. The van der Waals surface area contributed by atoms with Crippen LogP contribution in [-0.4, -0.2) is 48.3 Å². The summed E-state index contributed by atoms with van der Waals surface area (Å²) < 4.78 is 0. The summed E-state index contributed by atoms with van der Waals surface area (Å²) in [5.41, 5.74) is 1.52. The Balaban J connectivity index is 1.46. The van der Waals surface area contributed by atoms with Crippen LogP contribution in [0.4, 0.5) is 0 Å². The number of piperidine rings is 1. The van der Waals surface area contributed by atoms with Crippen molar-refractivity contribution >= 4 is 23.8 Å². The Morgan fingerprint density at radius 1 is 1.07 bits per heavy atom. The Kier molecular flexibility index (Phi) is 6.85. The van der Waals surface area contributed by atoms with Crippen LogP contribution >= 0.6 is 0 Å². The maximum Gasteiger partial charge on any atom is 0.251 e. The molecule has 1 saturated carbocycles. The lowest BCUT2D eigenvalue weighted by Gasteiger charge is -2.30. The minimum absolute atomic E-state index is 0.00825. The second-order valence-corrected chi connectivity index (χ2v) is 7.59. The van der Waals surface area contributed by atoms with Gasteiger partial charge in [0.05, 0.1) is 0 Å². The second-order valence-electron chi connectivity index (χ2n) is 7.59. The first-order chi connectivity index (χ1) is 13.6. The van der Waals surface area contributed by atoms with Crippen LogP contribution in [0.15, 0.2) is 30.3 Å². The molecule has 0 unspecified atom stereocenters.